The number of carbonyl (C=O) groups is 1. The third-order valence-corrected chi connectivity index (χ3v) is 5.15. The van der Waals surface area contributed by atoms with Crippen molar-refractivity contribution < 1.29 is 4.79 Å². The Morgan fingerprint density at radius 3 is 2.93 bits per heavy atom. The Kier molecular flexibility index (Phi) is 3.74. The number of pyridine rings is 1. The second-order valence-electron chi connectivity index (χ2n) is 6.91. The number of hydrogen-bond acceptors (Lipinski definition) is 3. The number of H-pyrrole nitrogens is 2. The maximum atomic E-state index is 12.7. The van der Waals surface area contributed by atoms with Gasteiger partial charge in [0.05, 0.1) is 5.69 Å². The lowest BCUT2D eigenvalue weighted by molar-refractivity contribution is 0.102. The highest BCUT2D eigenvalue weighted by molar-refractivity contribution is 6.06. The summed E-state index contributed by atoms with van der Waals surface area (Å²) in [6, 6.07) is 11.4. The van der Waals surface area contributed by atoms with Crippen molar-refractivity contribution in [1.29, 1.82) is 0 Å². The van der Waals surface area contributed by atoms with Crippen LogP contribution < -0.4 is 5.32 Å². The van der Waals surface area contributed by atoms with Crippen LogP contribution >= 0.6 is 0 Å². The average Bonchev–Trinajstić information content (AvgIpc) is 3.32. The first kappa shape index (κ1) is 15.8. The van der Waals surface area contributed by atoms with E-state index in [-0.39, 0.29) is 5.91 Å². The minimum Gasteiger partial charge on any atom is -0.358 e. The zero-order valence-electron chi connectivity index (χ0n) is 14.7. The van der Waals surface area contributed by atoms with Gasteiger partial charge in [-0.05, 0) is 61.6 Å². The van der Waals surface area contributed by atoms with E-state index in [0.717, 1.165) is 35.0 Å². The van der Waals surface area contributed by atoms with E-state index in [1.807, 2.05) is 36.4 Å². The largest absolute Gasteiger partial charge is 0.358 e. The molecule has 3 aromatic heterocycles. The van der Waals surface area contributed by atoms with Crippen LogP contribution in [0.1, 0.15) is 34.5 Å². The van der Waals surface area contributed by atoms with Crippen LogP contribution in [-0.2, 0) is 12.8 Å². The summed E-state index contributed by atoms with van der Waals surface area (Å²) in [5.74, 6) is 0.335. The lowest BCUT2D eigenvalue weighted by Crippen LogP contribution is -2.12. The molecule has 0 fully saturated rings. The Balaban J connectivity index is 1.40. The summed E-state index contributed by atoms with van der Waals surface area (Å²) >= 11 is 0. The molecule has 0 saturated carbocycles. The molecule has 0 radical (unpaired) electrons. The molecule has 1 aromatic carbocycles. The number of nitrogens with one attached hydrogen (secondary N) is 3. The molecule has 1 aliphatic rings. The minimum atomic E-state index is -0.160. The molecule has 1 aliphatic carbocycles. The Labute approximate surface area is 156 Å². The van der Waals surface area contributed by atoms with Crippen molar-refractivity contribution in [3.8, 4) is 11.3 Å². The van der Waals surface area contributed by atoms with Gasteiger partial charge in [0.2, 0.25) is 0 Å². The lowest BCUT2D eigenvalue weighted by atomic mass is 9.95. The lowest BCUT2D eigenvalue weighted by Gasteiger charge is -2.10. The normalized spacial score (nSPS) is 13.5. The van der Waals surface area contributed by atoms with E-state index in [4.69, 9.17) is 0 Å². The maximum Gasteiger partial charge on any atom is 0.256 e. The number of fused-ring (bicyclic) bond motifs is 3. The van der Waals surface area contributed by atoms with Crippen LogP contribution in [0.4, 0.5) is 5.82 Å². The van der Waals surface area contributed by atoms with Crippen molar-refractivity contribution in [3.05, 3.63) is 65.6 Å². The summed E-state index contributed by atoms with van der Waals surface area (Å²) in [5, 5.41) is 11.2. The zero-order valence-corrected chi connectivity index (χ0v) is 14.7. The molecule has 1 amide bonds. The smallest absolute Gasteiger partial charge is 0.256 e. The summed E-state index contributed by atoms with van der Waals surface area (Å²) < 4.78 is 0. The summed E-state index contributed by atoms with van der Waals surface area (Å²) in [4.78, 5) is 20.3. The van der Waals surface area contributed by atoms with Crippen molar-refractivity contribution in [1.82, 2.24) is 20.2 Å². The predicted molar refractivity (Wildman–Crippen MR) is 105 cm³/mol. The molecule has 0 bridgehead atoms. The van der Waals surface area contributed by atoms with Crippen molar-refractivity contribution in [2.75, 3.05) is 5.32 Å². The molecule has 3 N–H and O–H groups in total. The number of nitrogens with zero attached hydrogens (tertiary/aromatic N) is 2. The number of hydrogen-bond donors (Lipinski definition) is 3. The van der Waals surface area contributed by atoms with Crippen LogP contribution in [0, 0.1) is 0 Å². The third kappa shape index (κ3) is 2.89. The molecule has 0 spiro atoms. The number of aryl methyl sites for hydroxylation is 2. The average molecular weight is 357 g/mol. The van der Waals surface area contributed by atoms with Crippen LogP contribution in [-0.4, -0.2) is 26.1 Å². The molecule has 27 heavy (non-hydrogen) atoms. The topological polar surface area (TPSA) is 86.5 Å². The Morgan fingerprint density at radius 1 is 1.11 bits per heavy atom. The molecule has 0 unspecified atom stereocenters. The van der Waals surface area contributed by atoms with Gasteiger partial charge in [0.1, 0.15) is 0 Å². The second kappa shape index (κ2) is 6.39. The minimum absolute atomic E-state index is 0.160. The van der Waals surface area contributed by atoms with E-state index in [9.17, 15) is 4.79 Å². The molecule has 0 aliphatic heterocycles. The first-order valence-corrected chi connectivity index (χ1v) is 9.18. The maximum absolute atomic E-state index is 12.7. The highest BCUT2D eigenvalue weighted by Gasteiger charge is 2.17. The van der Waals surface area contributed by atoms with E-state index in [1.54, 1.807) is 12.4 Å². The number of anilines is 1. The number of aromatic amines is 2. The molecule has 5 rings (SSSR count). The van der Waals surface area contributed by atoms with E-state index in [1.165, 1.54) is 24.1 Å². The molecule has 4 aromatic rings. The number of benzene rings is 1. The van der Waals surface area contributed by atoms with Gasteiger partial charge in [0.25, 0.3) is 5.91 Å². The first-order chi connectivity index (χ1) is 13.3. The number of rotatable bonds is 3. The molecular weight excluding hydrogens is 338 g/mol. The SMILES string of the molecule is O=C(Nc1cc(-c2cccnc2)[nH]n1)c1ccc2[nH]c3c(c2c1)CCCC3. The van der Waals surface area contributed by atoms with Gasteiger partial charge in [-0.2, -0.15) is 5.10 Å². The van der Waals surface area contributed by atoms with Crippen LogP contribution in [0.2, 0.25) is 0 Å². The van der Waals surface area contributed by atoms with Gasteiger partial charge in [0.15, 0.2) is 5.82 Å². The van der Waals surface area contributed by atoms with E-state index in [2.05, 4.69) is 25.5 Å². The highest BCUT2D eigenvalue weighted by atomic mass is 16.1. The van der Waals surface area contributed by atoms with Gasteiger partial charge in [-0.15, -0.1) is 0 Å². The van der Waals surface area contributed by atoms with E-state index in [0.29, 0.717) is 11.4 Å². The summed E-state index contributed by atoms with van der Waals surface area (Å²) in [7, 11) is 0. The van der Waals surface area contributed by atoms with Gasteiger partial charge in [-0.3, -0.25) is 14.9 Å². The summed E-state index contributed by atoms with van der Waals surface area (Å²) in [5.41, 5.74) is 6.17. The standard InChI is InChI=1S/C21H19N5O/c27-21(24-20-11-19(25-26-20)14-4-3-9-22-12-14)13-7-8-18-16(10-13)15-5-1-2-6-17(15)23-18/h3-4,7-12,23H,1-2,5-6H2,(H2,24,25,26,27). The molecular formula is C21H19N5O. The van der Waals surface area contributed by atoms with Crippen molar-refractivity contribution >= 4 is 22.6 Å². The monoisotopic (exact) mass is 357 g/mol. The van der Waals surface area contributed by atoms with Crippen LogP contribution in [0.15, 0.2) is 48.8 Å². The van der Waals surface area contributed by atoms with Crippen LogP contribution in [0.25, 0.3) is 22.2 Å². The highest BCUT2D eigenvalue weighted by Crippen LogP contribution is 2.30. The van der Waals surface area contributed by atoms with E-state index < -0.39 is 0 Å². The number of amides is 1. The fraction of sp³-hybridized carbons (Fsp3) is 0.190. The Bertz CT molecular complexity index is 1130. The van der Waals surface area contributed by atoms with E-state index >= 15 is 0 Å². The quantitative estimate of drug-likeness (QED) is 0.516. The summed E-state index contributed by atoms with van der Waals surface area (Å²) in [6.07, 6.45) is 8.08. The fourth-order valence-corrected chi connectivity index (χ4v) is 3.79. The summed E-state index contributed by atoms with van der Waals surface area (Å²) in [6.45, 7) is 0. The van der Waals surface area contributed by atoms with Crippen molar-refractivity contribution in [2.45, 2.75) is 25.7 Å². The molecule has 6 heteroatoms. The van der Waals surface area contributed by atoms with Gasteiger partial charge in [-0.1, -0.05) is 0 Å². The van der Waals surface area contributed by atoms with Gasteiger partial charge in [-0.25, -0.2) is 0 Å². The predicted octanol–water partition coefficient (Wildman–Crippen LogP) is 4.08. The van der Waals surface area contributed by atoms with Gasteiger partial charge < -0.3 is 10.3 Å². The zero-order chi connectivity index (χ0) is 18.2. The van der Waals surface area contributed by atoms with Crippen LogP contribution in [0.3, 0.4) is 0 Å². The molecule has 134 valence electrons. The van der Waals surface area contributed by atoms with Gasteiger partial charge in [0, 0.05) is 46.2 Å². The third-order valence-electron chi connectivity index (χ3n) is 5.15. The second-order valence-corrected chi connectivity index (χ2v) is 6.91. The number of aromatic nitrogens is 4. The molecule has 0 saturated heterocycles. The van der Waals surface area contributed by atoms with Crippen molar-refractivity contribution in [2.24, 2.45) is 0 Å². The number of carbonyl (C=O) groups excluding carboxylic acids is 1. The molecule has 6 nitrogen and oxygen atoms in total. The van der Waals surface area contributed by atoms with Gasteiger partial charge >= 0.3 is 0 Å². The first-order valence-electron chi connectivity index (χ1n) is 9.18. The molecule has 3 heterocycles. The molecule has 0 atom stereocenters. The van der Waals surface area contributed by atoms with Crippen LogP contribution in [0.5, 0.6) is 0 Å². The fourth-order valence-electron chi connectivity index (χ4n) is 3.79. The van der Waals surface area contributed by atoms with Crippen molar-refractivity contribution in [3.63, 3.8) is 0 Å². The Hall–Kier alpha value is -3.41. The Morgan fingerprint density at radius 2 is 2.04 bits per heavy atom.